The van der Waals surface area contributed by atoms with E-state index < -0.39 is 24.5 Å². The van der Waals surface area contributed by atoms with Gasteiger partial charge in [0.25, 0.3) is 0 Å². The highest BCUT2D eigenvalue weighted by Gasteiger charge is 2.10. The van der Waals surface area contributed by atoms with Crippen LogP contribution in [0, 0.1) is 0 Å². The lowest BCUT2D eigenvalue weighted by Gasteiger charge is -2.09. The van der Waals surface area contributed by atoms with E-state index >= 15 is 0 Å². The maximum absolute atomic E-state index is 12.6. The largest absolute Gasteiger partial charge is 0.494 e. The van der Waals surface area contributed by atoms with Crippen molar-refractivity contribution in [3.05, 3.63) is 103 Å². The lowest BCUT2D eigenvalue weighted by atomic mass is 10.1. The van der Waals surface area contributed by atoms with Crippen LogP contribution in [0.1, 0.15) is 23.2 Å². The molecule has 0 aliphatic rings. The van der Waals surface area contributed by atoms with E-state index in [-0.39, 0.29) is 18.8 Å². The normalized spacial score (nSPS) is 10.3. The highest BCUT2D eigenvalue weighted by molar-refractivity contribution is 5.91. The molecule has 214 valence electrons. The fourth-order valence-corrected chi connectivity index (χ4v) is 3.40. The van der Waals surface area contributed by atoms with Crippen LogP contribution < -0.4 is 14.2 Å². The summed E-state index contributed by atoms with van der Waals surface area (Å²) >= 11 is 0. The monoisotopic (exact) mass is 560 g/mol. The van der Waals surface area contributed by atoms with Gasteiger partial charge >= 0.3 is 17.9 Å². The summed E-state index contributed by atoms with van der Waals surface area (Å²) in [6.45, 7) is 7.26. The van der Waals surface area contributed by atoms with Crippen LogP contribution in [0.5, 0.6) is 17.2 Å². The molecule has 0 unspecified atom stereocenters. The van der Waals surface area contributed by atoms with Crippen molar-refractivity contribution in [1.29, 1.82) is 0 Å². The van der Waals surface area contributed by atoms with Gasteiger partial charge < -0.3 is 28.8 Å². The second-order valence-electron chi connectivity index (χ2n) is 8.64. The van der Waals surface area contributed by atoms with Crippen molar-refractivity contribution in [2.75, 3.05) is 33.0 Å². The topological polar surface area (TPSA) is 118 Å². The Labute approximate surface area is 238 Å². The van der Waals surface area contributed by atoms with Crippen LogP contribution in [-0.2, 0) is 19.1 Å². The molecule has 0 saturated carbocycles. The minimum Gasteiger partial charge on any atom is -0.494 e. The van der Waals surface area contributed by atoms with Crippen molar-refractivity contribution in [2.24, 2.45) is 0 Å². The fourth-order valence-electron chi connectivity index (χ4n) is 3.40. The molecule has 41 heavy (non-hydrogen) atoms. The number of benzene rings is 3. The predicted molar refractivity (Wildman–Crippen MR) is 152 cm³/mol. The smallest absolute Gasteiger partial charge is 0.343 e. The molecule has 3 rings (SSSR count). The molecule has 0 spiro atoms. The van der Waals surface area contributed by atoms with Gasteiger partial charge in [0.2, 0.25) is 0 Å². The minimum absolute atomic E-state index is 0.00882. The zero-order chi connectivity index (χ0) is 29.5. The average Bonchev–Trinajstić information content (AvgIpc) is 3.01. The van der Waals surface area contributed by atoms with Gasteiger partial charge in [-0.05, 0) is 72.5 Å². The van der Waals surface area contributed by atoms with Gasteiger partial charge in [-0.1, -0.05) is 37.4 Å². The summed E-state index contributed by atoms with van der Waals surface area (Å²) < 4.78 is 26.6. The molecule has 0 aliphatic heterocycles. The molecular formula is C32H32O9. The van der Waals surface area contributed by atoms with Crippen molar-refractivity contribution >= 4 is 17.9 Å². The Bertz CT molecular complexity index is 1310. The van der Waals surface area contributed by atoms with E-state index in [0.717, 1.165) is 17.2 Å². The van der Waals surface area contributed by atoms with E-state index in [1.165, 1.54) is 0 Å². The molecule has 1 N–H and O–H groups in total. The van der Waals surface area contributed by atoms with Gasteiger partial charge in [0.05, 0.1) is 31.0 Å². The zero-order valence-corrected chi connectivity index (χ0v) is 22.6. The van der Waals surface area contributed by atoms with E-state index in [9.17, 15) is 14.4 Å². The number of unbranched alkanes of at least 4 members (excludes halogenated alkanes) is 1. The van der Waals surface area contributed by atoms with Crippen LogP contribution in [0.3, 0.4) is 0 Å². The molecule has 0 saturated heterocycles. The Kier molecular flexibility index (Phi) is 12.2. The highest BCUT2D eigenvalue weighted by Crippen LogP contribution is 2.25. The summed E-state index contributed by atoms with van der Waals surface area (Å²) in [5, 5.41) is 8.86. The van der Waals surface area contributed by atoms with Crippen molar-refractivity contribution in [1.82, 2.24) is 0 Å². The summed E-state index contributed by atoms with van der Waals surface area (Å²) in [5.41, 5.74) is 2.24. The van der Waals surface area contributed by atoms with Crippen LogP contribution >= 0.6 is 0 Å². The second-order valence-corrected chi connectivity index (χ2v) is 8.64. The van der Waals surface area contributed by atoms with Gasteiger partial charge in [-0.15, -0.1) is 0 Å². The molecule has 0 radical (unpaired) electrons. The number of ether oxygens (including phenoxy) is 5. The zero-order valence-electron chi connectivity index (χ0n) is 22.6. The van der Waals surface area contributed by atoms with E-state index in [0.29, 0.717) is 48.9 Å². The second kappa shape index (κ2) is 16.3. The molecule has 3 aromatic rings. The Morgan fingerprint density at radius 3 is 1.80 bits per heavy atom. The summed E-state index contributed by atoms with van der Waals surface area (Å²) in [7, 11) is 0. The Morgan fingerprint density at radius 2 is 1.22 bits per heavy atom. The van der Waals surface area contributed by atoms with Crippen LogP contribution in [0.4, 0.5) is 0 Å². The summed E-state index contributed by atoms with van der Waals surface area (Å²) in [6.07, 6.45) is 2.51. The van der Waals surface area contributed by atoms with E-state index in [4.69, 9.17) is 28.8 Å². The number of esters is 3. The van der Waals surface area contributed by atoms with Crippen LogP contribution in [0.15, 0.2) is 97.6 Å². The van der Waals surface area contributed by atoms with Crippen molar-refractivity contribution in [3.63, 3.8) is 0 Å². The SMILES string of the molecule is C=CC(=O)OCCCCOc1ccc(C(=O)Oc2ccc(-c3ccc(OCCOC(=O)C(=C)CO)cc3)cc2)cc1. The minimum atomic E-state index is -0.654. The maximum atomic E-state index is 12.6. The Balaban J connectivity index is 1.41. The average molecular weight is 561 g/mol. The van der Waals surface area contributed by atoms with Gasteiger partial charge in [0, 0.05) is 6.08 Å². The number of aliphatic hydroxyl groups excluding tert-OH is 1. The van der Waals surface area contributed by atoms with Crippen molar-refractivity contribution < 1.29 is 43.2 Å². The van der Waals surface area contributed by atoms with Crippen molar-refractivity contribution in [2.45, 2.75) is 12.8 Å². The van der Waals surface area contributed by atoms with Gasteiger partial charge in [0.1, 0.15) is 30.5 Å². The Morgan fingerprint density at radius 1 is 0.683 bits per heavy atom. The molecule has 9 heteroatoms. The van der Waals surface area contributed by atoms with Crippen LogP contribution in [-0.4, -0.2) is 56.0 Å². The fraction of sp³-hybridized carbons (Fsp3) is 0.219. The third-order valence-electron chi connectivity index (χ3n) is 5.63. The third-order valence-corrected chi connectivity index (χ3v) is 5.63. The number of rotatable bonds is 16. The first kappa shape index (κ1) is 30.6. The third kappa shape index (κ3) is 10.3. The number of aliphatic hydroxyl groups is 1. The van der Waals surface area contributed by atoms with Crippen molar-refractivity contribution in [3.8, 4) is 28.4 Å². The number of carbonyl (C=O) groups is 3. The summed E-state index contributed by atoms with van der Waals surface area (Å²) in [4.78, 5) is 35.0. The van der Waals surface area contributed by atoms with E-state index in [1.807, 2.05) is 24.3 Å². The lowest BCUT2D eigenvalue weighted by molar-refractivity contribution is -0.140. The van der Waals surface area contributed by atoms with Gasteiger partial charge in [0.15, 0.2) is 0 Å². The van der Waals surface area contributed by atoms with Gasteiger partial charge in [-0.3, -0.25) is 0 Å². The molecule has 0 amide bonds. The first-order chi connectivity index (χ1) is 19.9. The first-order valence-corrected chi connectivity index (χ1v) is 12.9. The quantitative estimate of drug-likeness (QED) is 0.113. The van der Waals surface area contributed by atoms with Gasteiger partial charge in [-0.2, -0.15) is 0 Å². The summed E-state index contributed by atoms with van der Waals surface area (Å²) in [5.74, 6) is 0.0661. The van der Waals surface area contributed by atoms with E-state index in [1.54, 1.807) is 48.5 Å². The Hall–Kier alpha value is -4.89. The maximum Gasteiger partial charge on any atom is 0.343 e. The predicted octanol–water partition coefficient (Wildman–Crippen LogP) is 4.93. The van der Waals surface area contributed by atoms with Crippen LogP contribution in [0.2, 0.25) is 0 Å². The van der Waals surface area contributed by atoms with E-state index in [2.05, 4.69) is 13.2 Å². The molecule has 0 fully saturated rings. The molecule has 0 atom stereocenters. The van der Waals surface area contributed by atoms with Gasteiger partial charge in [-0.25, -0.2) is 14.4 Å². The lowest BCUT2D eigenvalue weighted by Crippen LogP contribution is -2.14. The molecule has 9 nitrogen and oxygen atoms in total. The molecule has 3 aromatic carbocycles. The highest BCUT2D eigenvalue weighted by atomic mass is 16.6. The molecule has 0 aromatic heterocycles. The molecule has 0 bridgehead atoms. The first-order valence-electron chi connectivity index (χ1n) is 12.9. The molecule has 0 heterocycles. The van der Waals surface area contributed by atoms with Crippen LogP contribution in [0.25, 0.3) is 11.1 Å². The standard InChI is InChI=1S/C32H32O9/c1-3-30(34)39-19-5-4-18-37-27-14-10-26(11-15-27)32(36)41-29-16-8-25(9-17-29)24-6-12-28(13-7-24)38-20-21-40-31(35)23(2)22-33/h3,6-17,33H,1-2,4-5,18-22H2. The molecule has 0 aliphatic carbocycles. The number of hydrogen-bond donors (Lipinski definition) is 1. The summed E-state index contributed by atoms with van der Waals surface area (Å²) in [6, 6.07) is 21.2. The molecular weight excluding hydrogens is 528 g/mol. The number of hydrogen-bond acceptors (Lipinski definition) is 9. The number of carbonyl (C=O) groups excluding carboxylic acids is 3.